The van der Waals surface area contributed by atoms with E-state index in [0.717, 1.165) is 48.4 Å². The predicted octanol–water partition coefficient (Wildman–Crippen LogP) is 5.44. The van der Waals surface area contributed by atoms with Crippen LogP contribution in [0.2, 0.25) is 0 Å². The third-order valence-corrected chi connectivity index (χ3v) is 6.49. The Labute approximate surface area is 179 Å². The van der Waals surface area contributed by atoms with E-state index in [-0.39, 0.29) is 5.41 Å². The van der Waals surface area contributed by atoms with Crippen molar-refractivity contribution in [2.45, 2.75) is 77.4 Å². The number of aliphatic hydroxyl groups is 1. The average molecular weight is 407 g/mol. The maximum absolute atomic E-state index is 10.3. The Bertz CT molecular complexity index is 1000. The minimum Gasteiger partial charge on any atom is -0.390 e. The van der Waals surface area contributed by atoms with Gasteiger partial charge in [0.05, 0.1) is 17.5 Å². The van der Waals surface area contributed by atoms with Crippen LogP contribution in [0.5, 0.6) is 0 Å². The molecule has 0 bridgehead atoms. The molecule has 4 rings (SSSR count). The molecule has 0 atom stereocenters. The number of nitrogens with one attached hydrogen (secondary N) is 1. The molecule has 0 radical (unpaired) electrons. The Morgan fingerprint density at radius 2 is 1.60 bits per heavy atom. The van der Waals surface area contributed by atoms with Gasteiger partial charge < -0.3 is 10.4 Å². The molecule has 1 aliphatic rings. The van der Waals surface area contributed by atoms with Crippen LogP contribution in [0.4, 0.5) is 5.82 Å². The molecule has 0 amide bonds. The van der Waals surface area contributed by atoms with Crippen LogP contribution in [0.1, 0.15) is 65.9 Å². The first-order valence-electron chi connectivity index (χ1n) is 11.1. The molecule has 1 saturated carbocycles. The normalized spacial score (nSPS) is 20.5. The second-order valence-electron chi connectivity index (χ2n) is 10.3. The maximum atomic E-state index is 10.3. The van der Waals surface area contributed by atoms with E-state index in [1.807, 2.05) is 36.7 Å². The van der Waals surface area contributed by atoms with Crippen LogP contribution in [0.25, 0.3) is 16.9 Å². The van der Waals surface area contributed by atoms with Crippen molar-refractivity contribution in [3.8, 4) is 11.3 Å². The van der Waals surface area contributed by atoms with Gasteiger partial charge in [0.25, 0.3) is 0 Å². The summed E-state index contributed by atoms with van der Waals surface area (Å²) in [6, 6.07) is 13.1. The van der Waals surface area contributed by atoms with Crippen LogP contribution in [0.15, 0.2) is 42.6 Å². The van der Waals surface area contributed by atoms with E-state index in [1.165, 1.54) is 5.56 Å². The molecule has 0 spiro atoms. The maximum Gasteiger partial charge on any atom is 0.154 e. The number of imidazole rings is 1. The minimum atomic E-state index is -0.587. The van der Waals surface area contributed by atoms with Gasteiger partial charge in [-0.05, 0) is 68.6 Å². The monoisotopic (exact) mass is 406 g/mol. The molecule has 1 aliphatic carbocycles. The lowest BCUT2D eigenvalue weighted by molar-refractivity contribution is -0.000405. The molecule has 5 heteroatoms. The van der Waals surface area contributed by atoms with Crippen LogP contribution in [0.3, 0.4) is 0 Å². The Morgan fingerprint density at radius 3 is 2.20 bits per heavy atom. The van der Waals surface area contributed by atoms with E-state index in [1.54, 1.807) is 0 Å². The summed E-state index contributed by atoms with van der Waals surface area (Å²) in [5, 5.41) is 18.7. The Kier molecular flexibility index (Phi) is 5.35. The van der Waals surface area contributed by atoms with Crippen molar-refractivity contribution in [3.05, 3.63) is 48.2 Å². The van der Waals surface area contributed by atoms with Crippen LogP contribution >= 0.6 is 0 Å². The number of fused-ring (bicyclic) bond motifs is 1. The lowest BCUT2D eigenvalue weighted by Crippen LogP contribution is -2.37. The molecule has 0 aliphatic heterocycles. The van der Waals surface area contributed by atoms with Gasteiger partial charge >= 0.3 is 0 Å². The summed E-state index contributed by atoms with van der Waals surface area (Å²) in [5.41, 5.74) is 3.83. The van der Waals surface area contributed by atoms with Crippen LogP contribution in [0, 0.1) is 5.92 Å². The standard InChI is InChI=1S/C25H34N4O/c1-24(2,3)18-8-6-17(7-9-18)21-16-26-23-15-14-22(28-29(21)23)27-20-12-10-19(11-13-20)25(4,5)30/h6-9,14-16,19-20,30H,10-13H2,1-5H3,(H,27,28). The Hall–Kier alpha value is -2.40. The van der Waals surface area contributed by atoms with E-state index in [0.29, 0.717) is 12.0 Å². The Balaban J connectivity index is 1.52. The molecule has 2 heterocycles. The summed E-state index contributed by atoms with van der Waals surface area (Å²) in [5.74, 6) is 1.25. The zero-order chi connectivity index (χ0) is 21.5. The Morgan fingerprint density at radius 1 is 0.933 bits per heavy atom. The second kappa shape index (κ2) is 7.69. The quantitative estimate of drug-likeness (QED) is 0.606. The molecule has 1 aromatic carbocycles. The van der Waals surface area contributed by atoms with Crippen LogP contribution in [-0.4, -0.2) is 31.3 Å². The first-order valence-corrected chi connectivity index (χ1v) is 11.1. The highest BCUT2D eigenvalue weighted by Crippen LogP contribution is 2.33. The highest BCUT2D eigenvalue weighted by atomic mass is 16.3. The number of hydrogen-bond donors (Lipinski definition) is 2. The summed E-state index contributed by atoms with van der Waals surface area (Å²) >= 11 is 0. The van der Waals surface area contributed by atoms with Gasteiger partial charge in [0.15, 0.2) is 5.65 Å². The van der Waals surface area contributed by atoms with E-state index in [2.05, 4.69) is 55.3 Å². The highest BCUT2D eigenvalue weighted by Gasteiger charge is 2.31. The molecule has 2 N–H and O–H groups in total. The highest BCUT2D eigenvalue weighted by molar-refractivity contribution is 5.64. The van der Waals surface area contributed by atoms with Crippen molar-refractivity contribution in [2.24, 2.45) is 5.92 Å². The SMILES string of the molecule is CC(C)(C)c1ccc(-c2cnc3ccc(NC4CCC(C(C)(C)O)CC4)nn23)cc1. The van der Waals surface area contributed by atoms with Crippen molar-refractivity contribution in [3.63, 3.8) is 0 Å². The van der Waals surface area contributed by atoms with Gasteiger partial charge in [-0.1, -0.05) is 45.0 Å². The van der Waals surface area contributed by atoms with Gasteiger partial charge in [-0.25, -0.2) is 9.50 Å². The van der Waals surface area contributed by atoms with E-state index >= 15 is 0 Å². The molecule has 160 valence electrons. The van der Waals surface area contributed by atoms with Gasteiger partial charge in [0, 0.05) is 11.6 Å². The zero-order valence-corrected chi connectivity index (χ0v) is 18.8. The third-order valence-electron chi connectivity index (χ3n) is 6.49. The summed E-state index contributed by atoms with van der Waals surface area (Å²) in [6.07, 6.45) is 6.09. The zero-order valence-electron chi connectivity index (χ0n) is 18.8. The van der Waals surface area contributed by atoms with E-state index < -0.39 is 5.60 Å². The van der Waals surface area contributed by atoms with Crippen molar-refractivity contribution in [2.75, 3.05) is 5.32 Å². The number of benzene rings is 1. The van der Waals surface area contributed by atoms with Gasteiger partial charge in [-0.2, -0.15) is 0 Å². The molecular weight excluding hydrogens is 372 g/mol. The molecule has 0 unspecified atom stereocenters. The summed E-state index contributed by atoms with van der Waals surface area (Å²) in [6.45, 7) is 10.5. The van der Waals surface area contributed by atoms with Gasteiger partial charge in [0.2, 0.25) is 0 Å². The minimum absolute atomic E-state index is 0.137. The number of rotatable bonds is 4. The molecular formula is C25H34N4O. The topological polar surface area (TPSA) is 62.5 Å². The first-order chi connectivity index (χ1) is 14.1. The van der Waals surface area contributed by atoms with Crippen LogP contribution in [-0.2, 0) is 5.41 Å². The number of anilines is 1. The second-order valence-corrected chi connectivity index (χ2v) is 10.3. The number of nitrogens with zero attached hydrogens (tertiary/aromatic N) is 3. The largest absolute Gasteiger partial charge is 0.390 e. The predicted molar refractivity (Wildman–Crippen MR) is 123 cm³/mol. The lowest BCUT2D eigenvalue weighted by Gasteiger charge is -2.36. The molecule has 0 saturated heterocycles. The summed E-state index contributed by atoms with van der Waals surface area (Å²) in [4.78, 5) is 4.54. The number of hydrogen-bond acceptors (Lipinski definition) is 4. The smallest absolute Gasteiger partial charge is 0.154 e. The van der Waals surface area contributed by atoms with Crippen molar-refractivity contribution < 1.29 is 5.11 Å². The fourth-order valence-electron chi connectivity index (χ4n) is 4.44. The summed E-state index contributed by atoms with van der Waals surface area (Å²) < 4.78 is 1.93. The first kappa shape index (κ1) is 20.9. The van der Waals surface area contributed by atoms with Gasteiger partial charge in [0.1, 0.15) is 5.82 Å². The van der Waals surface area contributed by atoms with E-state index in [9.17, 15) is 5.11 Å². The van der Waals surface area contributed by atoms with Crippen molar-refractivity contribution in [1.29, 1.82) is 0 Å². The fourth-order valence-corrected chi connectivity index (χ4v) is 4.44. The third kappa shape index (κ3) is 4.36. The van der Waals surface area contributed by atoms with E-state index in [4.69, 9.17) is 5.10 Å². The molecule has 5 nitrogen and oxygen atoms in total. The van der Waals surface area contributed by atoms with Crippen molar-refractivity contribution >= 4 is 11.5 Å². The molecule has 1 fully saturated rings. The number of aromatic nitrogens is 3. The van der Waals surface area contributed by atoms with Crippen LogP contribution < -0.4 is 5.32 Å². The van der Waals surface area contributed by atoms with Gasteiger partial charge in [-0.15, -0.1) is 5.10 Å². The molecule has 3 aromatic rings. The molecule has 2 aromatic heterocycles. The summed E-state index contributed by atoms with van der Waals surface area (Å²) in [7, 11) is 0. The fraction of sp³-hybridized carbons (Fsp3) is 0.520. The van der Waals surface area contributed by atoms with Gasteiger partial charge in [-0.3, -0.25) is 0 Å². The molecule has 30 heavy (non-hydrogen) atoms. The lowest BCUT2D eigenvalue weighted by atomic mass is 9.77. The average Bonchev–Trinajstić information content (AvgIpc) is 3.10. The van der Waals surface area contributed by atoms with Crippen molar-refractivity contribution in [1.82, 2.24) is 14.6 Å².